The normalized spacial score (nSPS) is 11.8. The maximum atomic E-state index is 12.4. The molecule has 1 heterocycles. The molecule has 0 unspecified atom stereocenters. The zero-order valence-electron chi connectivity index (χ0n) is 9.57. The minimum absolute atomic E-state index is 0.103. The molecule has 0 aliphatic rings. The van der Waals surface area contributed by atoms with Crippen molar-refractivity contribution in [2.75, 3.05) is 0 Å². The highest BCUT2D eigenvalue weighted by molar-refractivity contribution is 5.42. The smallest absolute Gasteiger partial charge is 0.392 e. The largest absolute Gasteiger partial charge is 0.435 e. The number of hydrogen-bond acceptors (Lipinski definition) is 2. The van der Waals surface area contributed by atoms with Gasteiger partial charge in [-0.2, -0.15) is 18.3 Å². The van der Waals surface area contributed by atoms with Crippen molar-refractivity contribution in [3.63, 3.8) is 0 Å². The highest BCUT2D eigenvalue weighted by Crippen LogP contribution is 2.28. The maximum absolute atomic E-state index is 12.4. The van der Waals surface area contributed by atoms with E-state index in [0.29, 0.717) is 11.3 Å². The molecule has 96 valence electrons. The molecule has 1 aromatic heterocycles. The van der Waals surface area contributed by atoms with Gasteiger partial charge in [0.05, 0.1) is 12.3 Å². The van der Waals surface area contributed by atoms with Gasteiger partial charge < -0.3 is 5.11 Å². The second-order valence-electron chi connectivity index (χ2n) is 3.92. The first-order chi connectivity index (χ1) is 8.41. The molecule has 0 bridgehead atoms. The van der Waals surface area contributed by atoms with Gasteiger partial charge in [0.25, 0.3) is 0 Å². The molecule has 0 atom stereocenters. The summed E-state index contributed by atoms with van der Waals surface area (Å²) in [6.07, 6.45) is -3.17. The summed E-state index contributed by atoms with van der Waals surface area (Å²) in [5, 5.41) is 12.5. The number of aliphatic hydroxyl groups is 1. The van der Waals surface area contributed by atoms with Crippen LogP contribution in [0.15, 0.2) is 30.5 Å². The lowest BCUT2D eigenvalue weighted by Crippen LogP contribution is -2.07. The van der Waals surface area contributed by atoms with Crippen LogP contribution in [0.2, 0.25) is 0 Å². The standard InChI is InChI=1S/C12H11F3N2O/c1-8-6-9(7-18)2-3-10(8)17-5-4-11(16-17)12(13,14)15/h2-6,18H,7H2,1H3. The molecule has 0 saturated heterocycles. The monoisotopic (exact) mass is 256 g/mol. The van der Waals surface area contributed by atoms with Gasteiger partial charge in [0.15, 0.2) is 5.69 Å². The van der Waals surface area contributed by atoms with Crippen LogP contribution in [0.4, 0.5) is 13.2 Å². The third-order valence-electron chi connectivity index (χ3n) is 2.57. The number of nitrogens with zero attached hydrogens (tertiary/aromatic N) is 2. The van der Waals surface area contributed by atoms with E-state index in [1.807, 2.05) is 0 Å². The van der Waals surface area contributed by atoms with Crippen molar-refractivity contribution in [3.8, 4) is 5.69 Å². The molecule has 18 heavy (non-hydrogen) atoms. The average Bonchev–Trinajstić information content (AvgIpc) is 2.77. The van der Waals surface area contributed by atoms with Crippen LogP contribution in [0.3, 0.4) is 0 Å². The summed E-state index contributed by atoms with van der Waals surface area (Å²) in [6, 6.07) is 5.93. The molecule has 1 aromatic carbocycles. The quantitative estimate of drug-likeness (QED) is 0.897. The van der Waals surface area contributed by atoms with Gasteiger partial charge in [-0.3, -0.25) is 0 Å². The minimum atomic E-state index is -4.44. The Morgan fingerprint density at radius 1 is 1.28 bits per heavy atom. The molecule has 1 N–H and O–H groups in total. The zero-order chi connectivity index (χ0) is 13.3. The number of benzene rings is 1. The summed E-state index contributed by atoms with van der Waals surface area (Å²) in [4.78, 5) is 0. The Kier molecular flexibility index (Phi) is 3.13. The Balaban J connectivity index is 2.40. The molecule has 0 aliphatic heterocycles. The third-order valence-corrected chi connectivity index (χ3v) is 2.57. The SMILES string of the molecule is Cc1cc(CO)ccc1-n1ccc(C(F)(F)F)n1. The molecule has 2 rings (SSSR count). The van der Waals surface area contributed by atoms with Gasteiger partial charge >= 0.3 is 6.18 Å². The van der Waals surface area contributed by atoms with Crippen LogP contribution in [0.1, 0.15) is 16.8 Å². The van der Waals surface area contributed by atoms with Crippen molar-refractivity contribution in [1.29, 1.82) is 0 Å². The number of aliphatic hydroxyl groups excluding tert-OH is 1. The van der Waals surface area contributed by atoms with E-state index in [4.69, 9.17) is 5.11 Å². The van der Waals surface area contributed by atoms with Crippen molar-refractivity contribution >= 4 is 0 Å². The van der Waals surface area contributed by atoms with Crippen LogP contribution in [0.5, 0.6) is 0 Å². The fourth-order valence-corrected chi connectivity index (χ4v) is 1.68. The number of rotatable bonds is 2. The molecule has 6 heteroatoms. The lowest BCUT2D eigenvalue weighted by Gasteiger charge is -2.07. The van der Waals surface area contributed by atoms with Crippen LogP contribution in [0, 0.1) is 6.92 Å². The summed E-state index contributed by atoms with van der Waals surface area (Å²) in [6.45, 7) is 1.65. The molecule has 0 amide bonds. The minimum Gasteiger partial charge on any atom is -0.392 e. The van der Waals surface area contributed by atoms with Crippen LogP contribution >= 0.6 is 0 Å². The number of hydrogen-bond donors (Lipinski definition) is 1. The van der Waals surface area contributed by atoms with Gasteiger partial charge in [-0.25, -0.2) is 4.68 Å². The highest BCUT2D eigenvalue weighted by Gasteiger charge is 2.33. The van der Waals surface area contributed by atoms with E-state index in [-0.39, 0.29) is 6.61 Å². The predicted octanol–water partition coefficient (Wildman–Crippen LogP) is 2.69. The number of halogens is 3. The number of aromatic nitrogens is 2. The average molecular weight is 256 g/mol. The summed E-state index contributed by atoms with van der Waals surface area (Å²) < 4.78 is 38.5. The zero-order valence-corrected chi connectivity index (χ0v) is 9.57. The molecule has 0 radical (unpaired) electrons. The van der Waals surface area contributed by atoms with Gasteiger partial charge in [-0.15, -0.1) is 0 Å². The number of aryl methyl sites for hydroxylation is 1. The van der Waals surface area contributed by atoms with Gasteiger partial charge in [0, 0.05) is 6.20 Å². The molecule has 0 aliphatic carbocycles. The summed E-state index contributed by atoms with van der Waals surface area (Å²) in [7, 11) is 0. The first kappa shape index (κ1) is 12.6. The fourth-order valence-electron chi connectivity index (χ4n) is 1.68. The van der Waals surface area contributed by atoms with Crippen molar-refractivity contribution in [2.45, 2.75) is 19.7 Å². The van der Waals surface area contributed by atoms with E-state index in [1.165, 1.54) is 10.9 Å². The lowest BCUT2D eigenvalue weighted by molar-refractivity contribution is -0.141. The van der Waals surface area contributed by atoms with E-state index in [0.717, 1.165) is 11.6 Å². The summed E-state index contributed by atoms with van der Waals surface area (Å²) in [5.74, 6) is 0. The second kappa shape index (κ2) is 4.45. The maximum Gasteiger partial charge on any atom is 0.435 e. The van der Waals surface area contributed by atoms with E-state index < -0.39 is 11.9 Å². The third kappa shape index (κ3) is 2.38. The first-order valence-corrected chi connectivity index (χ1v) is 5.25. The predicted molar refractivity (Wildman–Crippen MR) is 59.2 cm³/mol. The van der Waals surface area contributed by atoms with Gasteiger partial charge in [0.1, 0.15) is 0 Å². The topological polar surface area (TPSA) is 38.0 Å². The molecule has 2 aromatic rings. The lowest BCUT2D eigenvalue weighted by atomic mass is 10.1. The molecular formula is C12H11F3N2O. The Morgan fingerprint density at radius 3 is 2.50 bits per heavy atom. The first-order valence-electron chi connectivity index (χ1n) is 5.25. The molecular weight excluding hydrogens is 245 g/mol. The van der Waals surface area contributed by atoms with Gasteiger partial charge in [-0.1, -0.05) is 12.1 Å². The fraction of sp³-hybridized carbons (Fsp3) is 0.250. The molecule has 3 nitrogen and oxygen atoms in total. The van der Waals surface area contributed by atoms with Crippen LogP contribution in [-0.4, -0.2) is 14.9 Å². The summed E-state index contributed by atoms with van der Waals surface area (Å²) in [5.41, 5.74) is 1.09. The van der Waals surface area contributed by atoms with E-state index >= 15 is 0 Å². The molecule has 0 fully saturated rings. The van der Waals surface area contributed by atoms with Crippen molar-refractivity contribution in [1.82, 2.24) is 9.78 Å². The van der Waals surface area contributed by atoms with Crippen LogP contribution in [0.25, 0.3) is 5.69 Å². The Hall–Kier alpha value is -1.82. The Morgan fingerprint density at radius 2 is 2.00 bits per heavy atom. The molecule has 0 saturated carbocycles. The highest BCUT2D eigenvalue weighted by atomic mass is 19.4. The van der Waals surface area contributed by atoms with E-state index in [9.17, 15) is 13.2 Å². The van der Waals surface area contributed by atoms with Gasteiger partial charge in [0.2, 0.25) is 0 Å². The van der Waals surface area contributed by atoms with Crippen molar-refractivity contribution in [2.24, 2.45) is 0 Å². The number of alkyl halides is 3. The Bertz CT molecular complexity index is 561. The van der Waals surface area contributed by atoms with E-state index in [1.54, 1.807) is 25.1 Å². The Labute approximate surface area is 101 Å². The van der Waals surface area contributed by atoms with Crippen LogP contribution < -0.4 is 0 Å². The van der Waals surface area contributed by atoms with E-state index in [2.05, 4.69) is 5.10 Å². The van der Waals surface area contributed by atoms with Crippen molar-refractivity contribution in [3.05, 3.63) is 47.3 Å². The van der Waals surface area contributed by atoms with Gasteiger partial charge in [-0.05, 0) is 30.2 Å². The van der Waals surface area contributed by atoms with Crippen molar-refractivity contribution < 1.29 is 18.3 Å². The second-order valence-corrected chi connectivity index (χ2v) is 3.92. The summed E-state index contributed by atoms with van der Waals surface area (Å²) >= 11 is 0. The molecule has 0 spiro atoms. The van der Waals surface area contributed by atoms with Crippen LogP contribution in [-0.2, 0) is 12.8 Å².